The van der Waals surface area contributed by atoms with Gasteiger partial charge in [0.15, 0.2) is 0 Å². The molecule has 4 aliphatic rings. The minimum absolute atomic E-state index is 0.259. The number of hydrogen-bond acceptors (Lipinski definition) is 3. The van der Waals surface area contributed by atoms with Crippen LogP contribution in [0.2, 0.25) is 0 Å². The Balaban J connectivity index is 1.58. The highest BCUT2D eigenvalue weighted by Gasteiger charge is 2.47. The van der Waals surface area contributed by atoms with Crippen molar-refractivity contribution in [2.45, 2.75) is 38.4 Å². The molecule has 18 heavy (non-hydrogen) atoms. The molecule has 4 aliphatic heterocycles. The molecule has 0 aliphatic carbocycles. The van der Waals surface area contributed by atoms with Crippen molar-refractivity contribution in [1.29, 1.82) is 0 Å². The normalized spacial score (nSPS) is 32.6. The standard InChI is InChI=1S/C13H24N4O/c1-10(2)17-11-7-12(17)9-16(8-11)13(18)15-5-3-14-4-6-15/h10-12,14H,3-9H2,1-2H3. The fourth-order valence-electron chi connectivity index (χ4n) is 3.69. The van der Waals surface area contributed by atoms with Crippen molar-refractivity contribution in [3.05, 3.63) is 0 Å². The van der Waals surface area contributed by atoms with Crippen LogP contribution in [0.15, 0.2) is 0 Å². The van der Waals surface area contributed by atoms with Crippen LogP contribution in [-0.4, -0.2) is 78.1 Å². The predicted octanol–water partition coefficient (Wildman–Crippen LogP) is 0.179. The molecule has 2 atom stereocenters. The zero-order valence-corrected chi connectivity index (χ0v) is 11.4. The summed E-state index contributed by atoms with van der Waals surface area (Å²) in [5, 5.41) is 3.29. The summed E-state index contributed by atoms with van der Waals surface area (Å²) in [7, 11) is 0. The lowest BCUT2D eigenvalue weighted by Crippen LogP contribution is -2.72. The Morgan fingerprint density at radius 1 is 1.11 bits per heavy atom. The zero-order valence-electron chi connectivity index (χ0n) is 11.4. The van der Waals surface area contributed by atoms with E-state index in [1.807, 2.05) is 4.90 Å². The summed E-state index contributed by atoms with van der Waals surface area (Å²) in [6.07, 6.45) is 1.28. The van der Waals surface area contributed by atoms with Crippen molar-refractivity contribution in [2.24, 2.45) is 0 Å². The van der Waals surface area contributed by atoms with Crippen LogP contribution in [0.3, 0.4) is 0 Å². The van der Waals surface area contributed by atoms with Gasteiger partial charge >= 0.3 is 6.03 Å². The van der Waals surface area contributed by atoms with Crippen molar-refractivity contribution in [3.8, 4) is 0 Å². The molecule has 4 heterocycles. The van der Waals surface area contributed by atoms with Gasteiger partial charge in [-0.2, -0.15) is 0 Å². The van der Waals surface area contributed by atoms with E-state index in [0.29, 0.717) is 18.1 Å². The van der Waals surface area contributed by atoms with Gasteiger partial charge in [0.25, 0.3) is 0 Å². The van der Waals surface area contributed by atoms with E-state index in [9.17, 15) is 4.79 Å². The summed E-state index contributed by atoms with van der Waals surface area (Å²) in [6.45, 7) is 9.96. The van der Waals surface area contributed by atoms with Crippen molar-refractivity contribution in [1.82, 2.24) is 20.0 Å². The summed E-state index contributed by atoms with van der Waals surface area (Å²) in [6, 6.07) is 2.09. The van der Waals surface area contributed by atoms with Gasteiger partial charge in [0, 0.05) is 57.4 Å². The number of fused-ring (bicyclic) bond motifs is 2. The highest BCUT2D eigenvalue weighted by molar-refractivity contribution is 5.75. The van der Waals surface area contributed by atoms with E-state index in [1.54, 1.807) is 0 Å². The van der Waals surface area contributed by atoms with Crippen LogP contribution in [0.4, 0.5) is 4.79 Å². The third-order valence-corrected chi connectivity index (χ3v) is 4.50. The minimum Gasteiger partial charge on any atom is -0.322 e. The first kappa shape index (κ1) is 12.2. The second-order valence-corrected chi connectivity index (χ2v) is 6.01. The van der Waals surface area contributed by atoms with Gasteiger partial charge in [-0.3, -0.25) is 4.90 Å². The van der Waals surface area contributed by atoms with Crippen molar-refractivity contribution >= 4 is 6.03 Å². The molecule has 0 spiro atoms. The summed E-state index contributed by atoms with van der Waals surface area (Å²) in [4.78, 5) is 19.0. The summed E-state index contributed by atoms with van der Waals surface area (Å²) >= 11 is 0. The van der Waals surface area contributed by atoms with Crippen molar-refractivity contribution < 1.29 is 4.79 Å². The SMILES string of the molecule is CC(C)N1C2CC1CN(C(=O)N1CCNCC1)C2. The van der Waals surface area contributed by atoms with E-state index in [2.05, 4.69) is 29.0 Å². The minimum atomic E-state index is 0.259. The zero-order chi connectivity index (χ0) is 12.7. The number of piperazine rings is 2. The second kappa shape index (κ2) is 4.70. The van der Waals surface area contributed by atoms with Crippen LogP contribution < -0.4 is 5.32 Å². The molecule has 2 unspecified atom stereocenters. The molecule has 0 aromatic heterocycles. The van der Waals surface area contributed by atoms with Crippen LogP contribution in [0.5, 0.6) is 0 Å². The van der Waals surface area contributed by atoms with E-state index in [4.69, 9.17) is 0 Å². The Morgan fingerprint density at radius 2 is 1.72 bits per heavy atom. The molecule has 1 N–H and O–H groups in total. The first-order valence-corrected chi connectivity index (χ1v) is 7.19. The molecule has 5 heteroatoms. The molecule has 0 saturated carbocycles. The van der Waals surface area contributed by atoms with E-state index < -0.39 is 0 Å². The molecular formula is C13H24N4O. The number of piperidine rings is 1. The topological polar surface area (TPSA) is 38.8 Å². The third kappa shape index (κ3) is 1.99. The molecule has 2 bridgehead atoms. The van der Waals surface area contributed by atoms with Gasteiger partial charge in [0.1, 0.15) is 0 Å². The lowest BCUT2D eigenvalue weighted by molar-refractivity contribution is -0.0778. The maximum absolute atomic E-state index is 12.4. The largest absolute Gasteiger partial charge is 0.322 e. The number of hydrogen-bond donors (Lipinski definition) is 1. The summed E-state index contributed by atoms with van der Waals surface area (Å²) in [5.41, 5.74) is 0. The lowest BCUT2D eigenvalue weighted by atomic mass is 9.86. The van der Waals surface area contributed by atoms with Gasteiger partial charge in [-0.1, -0.05) is 0 Å². The van der Waals surface area contributed by atoms with Crippen LogP contribution in [0.25, 0.3) is 0 Å². The lowest BCUT2D eigenvalue weighted by Gasteiger charge is -2.58. The molecule has 4 rings (SSSR count). The smallest absolute Gasteiger partial charge is 0.320 e. The van der Waals surface area contributed by atoms with Gasteiger partial charge < -0.3 is 15.1 Å². The van der Waals surface area contributed by atoms with E-state index in [0.717, 1.165) is 39.3 Å². The number of carbonyl (C=O) groups is 1. The van der Waals surface area contributed by atoms with Gasteiger partial charge in [0.05, 0.1) is 0 Å². The van der Waals surface area contributed by atoms with Crippen LogP contribution in [-0.2, 0) is 0 Å². The maximum atomic E-state index is 12.4. The monoisotopic (exact) mass is 252 g/mol. The fourth-order valence-corrected chi connectivity index (χ4v) is 3.69. The Bertz CT molecular complexity index is 315. The van der Waals surface area contributed by atoms with E-state index in [1.165, 1.54) is 6.42 Å². The predicted molar refractivity (Wildman–Crippen MR) is 70.6 cm³/mol. The van der Waals surface area contributed by atoms with Crippen molar-refractivity contribution in [3.63, 3.8) is 0 Å². The van der Waals surface area contributed by atoms with Crippen LogP contribution in [0.1, 0.15) is 20.3 Å². The highest BCUT2D eigenvalue weighted by Crippen LogP contribution is 2.34. The van der Waals surface area contributed by atoms with Crippen LogP contribution >= 0.6 is 0 Å². The average Bonchev–Trinajstić information content (AvgIpc) is 2.38. The highest BCUT2D eigenvalue weighted by atomic mass is 16.2. The van der Waals surface area contributed by atoms with Gasteiger partial charge in [0.2, 0.25) is 0 Å². The molecule has 102 valence electrons. The number of carbonyl (C=O) groups excluding carboxylic acids is 1. The molecule has 0 radical (unpaired) electrons. The third-order valence-electron chi connectivity index (χ3n) is 4.50. The molecule has 2 amide bonds. The summed E-state index contributed by atoms with van der Waals surface area (Å²) in [5.74, 6) is 0. The van der Waals surface area contributed by atoms with Crippen LogP contribution in [0, 0.1) is 0 Å². The van der Waals surface area contributed by atoms with Crippen molar-refractivity contribution in [2.75, 3.05) is 39.3 Å². The average molecular weight is 252 g/mol. The van der Waals surface area contributed by atoms with E-state index >= 15 is 0 Å². The molecule has 0 aromatic rings. The Labute approximate surface area is 109 Å². The molecule has 4 fully saturated rings. The number of nitrogens with one attached hydrogen (secondary N) is 1. The van der Waals surface area contributed by atoms with E-state index in [-0.39, 0.29) is 6.03 Å². The molecule has 5 nitrogen and oxygen atoms in total. The second-order valence-electron chi connectivity index (χ2n) is 6.01. The Hall–Kier alpha value is -0.810. The number of amides is 2. The molecule has 4 saturated heterocycles. The Kier molecular flexibility index (Phi) is 3.20. The maximum Gasteiger partial charge on any atom is 0.320 e. The molecular weight excluding hydrogens is 228 g/mol. The fraction of sp³-hybridized carbons (Fsp3) is 0.923. The van der Waals surface area contributed by atoms with Gasteiger partial charge in [-0.15, -0.1) is 0 Å². The van der Waals surface area contributed by atoms with Gasteiger partial charge in [-0.25, -0.2) is 4.79 Å². The van der Waals surface area contributed by atoms with Gasteiger partial charge in [-0.05, 0) is 20.3 Å². The quantitative estimate of drug-likeness (QED) is 0.723. The number of nitrogens with zero attached hydrogens (tertiary/aromatic N) is 3. The Morgan fingerprint density at radius 3 is 2.28 bits per heavy atom. The summed E-state index contributed by atoms with van der Waals surface area (Å²) < 4.78 is 0. The molecule has 0 aromatic carbocycles. The first-order chi connectivity index (χ1) is 8.66. The first-order valence-electron chi connectivity index (χ1n) is 7.19. The number of urea groups is 1. The number of rotatable bonds is 1.